The van der Waals surface area contributed by atoms with Gasteiger partial charge in [-0.05, 0) is 78.6 Å². The normalized spacial score (nSPS) is 10.7. The summed E-state index contributed by atoms with van der Waals surface area (Å²) in [7, 11) is 0. The summed E-state index contributed by atoms with van der Waals surface area (Å²) in [6, 6.07) is 23.1. The molecule has 162 valence electrons. The molecule has 0 atom stereocenters. The van der Waals surface area contributed by atoms with E-state index in [4.69, 9.17) is 10.5 Å². The van der Waals surface area contributed by atoms with E-state index in [-0.39, 0.29) is 5.91 Å². The van der Waals surface area contributed by atoms with Crippen molar-refractivity contribution in [3.05, 3.63) is 107 Å². The van der Waals surface area contributed by atoms with Crippen LogP contribution >= 0.6 is 0 Å². The van der Waals surface area contributed by atoms with Gasteiger partial charge in [0.05, 0.1) is 6.54 Å². The van der Waals surface area contributed by atoms with Gasteiger partial charge in [-0.25, -0.2) is 0 Å². The Bertz CT molecular complexity index is 1190. The first kappa shape index (κ1) is 21.2. The van der Waals surface area contributed by atoms with Crippen molar-refractivity contribution in [3.63, 3.8) is 0 Å². The zero-order valence-corrected chi connectivity index (χ0v) is 18.2. The molecule has 0 aliphatic carbocycles. The Balaban J connectivity index is 1.35. The van der Waals surface area contributed by atoms with Crippen LogP contribution in [0.4, 0.5) is 5.69 Å². The summed E-state index contributed by atoms with van der Waals surface area (Å²) in [6.07, 6.45) is 1.81. The number of amides is 1. The molecule has 0 aliphatic heterocycles. The maximum absolute atomic E-state index is 12.6. The van der Waals surface area contributed by atoms with Crippen LogP contribution in [0.2, 0.25) is 0 Å². The van der Waals surface area contributed by atoms with Gasteiger partial charge in [-0.15, -0.1) is 0 Å². The first-order valence-electron chi connectivity index (χ1n) is 10.5. The third kappa shape index (κ3) is 5.16. The van der Waals surface area contributed by atoms with E-state index in [9.17, 15) is 4.79 Å². The number of hydrogen-bond acceptors (Lipinski definition) is 4. The number of benzene rings is 3. The summed E-state index contributed by atoms with van der Waals surface area (Å²) in [5, 5.41) is 7.37. The van der Waals surface area contributed by atoms with Gasteiger partial charge < -0.3 is 15.8 Å². The number of para-hydroxylation sites is 1. The molecule has 0 bridgehead atoms. The Morgan fingerprint density at radius 3 is 2.31 bits per heavy atom. The lowest BCUT2D eigenvalue weighted by Crippen LogP contribution is -2.24. The van der Waals surface area contributed by atoms with E-state index in [2.05, 4.69) is 10.4 Å². The van der Waals surface area contributed by atoms with Gasteiger partial charge in [-0.1, -0.05) is 30.3 Å². The van der Waals surface area contributed by atoms with Crippen molar-refractivity contribution in [2.45, 2.75) is 26.9 Å². The Kier molecular flexibility index (Phi) is 6.22. The van der Waals surface area contributed by atoms with Gasteiger partial charge in [0, 0.05) is 18.4 Å². The number of aromatic nitrogens is 2. The van der Waals surface area contributed by atoms with Crippen LogP contribution in [0.15, 0.2) is 79.0 Å². The van der Waals surface area contributed by atoms with Crippen LogP contribution in [-0.2, 0) is 13.1 Å². The molecular formula is C26H26N4O2. The number of nitrogens with two attached hydrogens (primary N) is 1. The number of aryl methyl sites for hydroxylation is 2. The predicted octanol–water partition coefficient (Wildman–Crippen LogP) is 4.85. The molecule has 0 unspecified atom stereocenters. The molecule has 0 saturated heterocycles. The highest BCUT2D eigenvalue weighted by molar-refractivity contribution is 5.92. The molecular weight excluding hydrogens is 400 g/mol. The van der Waals surface area contributed by atoms with Crippen LogP contribution in [0.5, 0.6) is 11.5 Å². The molecule has 0 aliphatic rings. The van der Waals surface area contributed by atoms with Crippen LogP contribution in [0.1, 0.15) is 32.7 Å². The summed E-state index contributed by atoms with van der Waals surface area (Å²) in [5.41, 5.74) is 11.3. The molecule has 3 aromatic carbocycles. The minimum absolute atomic E-state index is 0.203. The molecule has 0 spiro atoms. The third-order valence-corrected chi connectivity index (χ3v) is 5.26. The highest BCUT2D eigenvalue weighted by Gasteiger charge is 2.11. The van der Waals surface area contributed by atoms with Gasteiger partial charge in [0.1, 0.15) is 17.2 Å². The van der Waals surface area contributed by atoms with Crippen molar-refractivity contribution >= 4 is 11.6 Å². The van der Waals surface area contributed by atoms with Gasteiger partial charge >= 0.3 is 0 Å². The maximum Gasteiger partial charge on any atom is 0.272 e. The lowest BCUT2D eigenvalue weighted by atomic mass is 10.0. The van der Waals surface area contributed by atoms with Gasteiger partial charge in [0.2, 0.25) is 0 Å². The molecule has 0 radical (unpaired) electrons. The summed E-state index contributed by atoms with van der Waals surface area (Å²) in [5.74, 6) is 1.37. The minimum Gasteiger partial charge on any atom is -0.457 e. The molecule has 1 heterocycles. The van der Waals surface area contributed by atoms with Crippen LogP contribution in [0, 0.1) is 13.8 Å². The van der Waals surface area contributed by atoms with Crippen molar-refractivity contribution < 1.29 is 9.53 Å². The fraction of sp³-hybridized carbons (Fsp3) is 0.154. The van der Waals surface area contributed by atoms with E-state index in [0.717, 1.165) is 39.4 Å². The number of nitrogens with zero attached hydrogens (tertiary/aromatic N) is 2. The number of ether oxygens (including phenoxy) is 1. The molecule has 6 nitrogen and oxygen atoms in total. The summed E-state index contributed by atoms with van der Waals surface area (Å²) < 4.78 is 7.58. The number of rotatable bonds is 7. The highest BCUT2D eigenvalue weighted by Crippen LogP contribution is 2.21. The fourth-order valence-corrected chi connectivity index (χ4v) is 3.61. The number of anilines is 1. The maximum atomic E-state index is 12.6. The number of hydrogen-bond donors (Lipinski definition) is 2. The lowest BCUT2D eigenvalue weighted by molar-refractivity contribution is 0.0945. The summed E-state index contributed by atoms with van der Waals surface area (Å²) >= 11 is 0. The van der Waals surface area contributed by atoms with E-state index in [1.54, 1.807) is 10.7 Å². The van der Waals surface area contributed by atoms with E-state index in [1.165, 1.54) is 0 Å². The van der Waals surface area contributed by atoms with Gasteiger partial charge in [0.25, 0.3) is 5.91 Å². The average molecular weight is 427 g/mol. The second-order valence-corrected chi connectivity index (χ2v) is 7.77. The van der Waals surface area contributed by atoms with E-state index in [1.807, 2.05) is 86.8 Å². The van der Waals surface area contributed by atoms with E-state index in [0.29, 0.717) is 18.8 Å². The molecule has 4 rings (SSSR count). The number of carbonyl (C=O) groups is 1. The SMILES string of the molecule is Cc1cc(N)cc(C)c1CNC(=O)c1ccn(Cc2ccc(Oc3ccccc3)cc2)n1. The van der Waals surface area contributed by atoms with E-state index < -0.39 is 0 Å². The van der Waals surface area contributed by atoms with Crippen molar-refractivity contribution in [3.8, 4) is 11.5 Å². The highest BCUT2D eigenvalue weighted by atomic mass is 16.5. The molecule has 3 N–H and O–H groups in total. The quantitative estimate of drug-likeness (QED) is 0.414. The van der Waals surface area contributed by atoms with Crippen molar-refractivity contribution in [1.82, 2.24) is 15.1 Å². The summed E-state index contributed by atoms with van der Waals surface area (Å²) in [6.45, 7) is 4.99. The fourth-order valence-electron chi connectivity index (χ4n) is 3.61. The van der Waals surface area contributed by atoms with Crippen LogP contribution < -0.4 is 15.8 Å². The Labute approximate surface area is 187 Å². The lowest BCUT2D eigenvalue weighted by Gasteiger charge is -2.11. The number of nitrogens with one attached hydrogen (secondary N) is 1. The van der Waals surface area contributed by atoms with Gasteiger partial charge in [0.15, 0.2) is 0 Å². The van der Waals surface area contributed by atoms with Gasteiger partial charge in [-0.3, -0.25) is 9.48 Å². The largest absolute Gasteiger partial charge is 0.457 e. The topological polar surface area (TPSA) is 82.2 Å². The molecule has 0 fully saturated rings. The monoisotopic (exact) mass is 426 g/mol. The van der Waals surface area contributed by atoms with Crippen molar-refractivity contribution in [1.29, 1.82) is 0 Å². The average Bonchev–Trinajstić information content (AvgIpc) is 3.23. The summed E-state index contributed by atoms with van der Waals surface area (Å²) in [4.78, 5) is 12.6. The molecule has 1 aromatic heterocycles. The first-order chi connectivity index (χ1) is 15.5. The molecule has 0 saturated carbocycles. The van der Waals surface area contributed by atoms with Crippen molar-refractivity contribution in [2.24, 2.45) is 0 Å². The molecule has 6 heteroatoms. The molecule has 4 aromatic rings. The number of carbonyl (C=O) groups excluding carboxylic acids is 1. The standard InChI is InChI=1S/C26H26N4O2/c1-18-14-21(27)15-19(2)24(18)16-28-26(31)25-12-13-30(29-25)17-20-8-10-23(11-9-20)32-22-6-4-3-5-7-22/h3-15H,16-17,27H2,1-2H3,(H,28,31). The minimum atomic E-state index is -0.203. The zero-order chi connectivity index (χ0) is 22.5. The van der Waals surface area contributed by atoms with Gasteiger partial charge in [-0.2, -0.15) is 5.10 Å². The second-order valence-electron chi connectivity index (χ2n) is 7.77. The van der Waals surface area contributed by atoms with Crippen LogP contribution in [-0.4, -0.2) is 15.7 Å². The first-order valence-corrected chi connectivity index (χ1v) is 10.5. The Hall–Kier alpha value is -4.06. The second kappa shape index (κ2) is 9.39. The third-order valence-electron chi connectivity index (χ3n) is 5.26. The van der Waals surface area contributed by atoms with Crippen LogP contribution in [0.25, 0.3) is 0 Å². The zero-order valence-electron chi connectivity index (χ0n) is 18.2. The van der Waals surface area contributed by atoms with E-state index >= 15 is 0 Å². The smallest absolute Gasteiger partial charge is 0.272 e. The predicted molar refractivity (Wildman–Crippen MR) is 126 cm³/mol. The Morgan fingerprint density at radius 2 is 1.62 bits per heavy atom. The Morgan fingerprint density at radius 1 is 0.969 bits per heavy atom. The molecule has 1 amide bonds. The van der Waals surface area contributed by atoms with Crippen LogP contribution in [0.3, 0.4) is 0 Å². The number of nitrogen functional groups attached to an aromatic ring is 1. The van der Waals surface area contributed by atoms with Crippen molar-refractivity contribution in [2.75, 3.05) is 5.73 Å². The molecule has 32 heavy (non-hydrogen) atoms.